The molecule has 1 heterocycles. The van der Waals surface area contributed by atoms with Crippen LogP contribution in [0.1, 0.15) is 86.0 Å². The maximum atomic E-state index is 14.0. The molecule has 262 valence electrons. The predicted molar refractivity (Wildman–Crippen MR) is 170 cm³/mol. The van der Waals surface area contributed by atoms with Gasteiger partial charge in [-0.1, -0.05) is 13.8 Å². The van der Waals surface area contributed by atoms with Gasteiger partial charge < -0.3 is 24.4 Å². The molecule has 9 rings (SSSR count). The van der Waals surface area contributed by atoms with Gasteiger partial charge in [0.25, 0.3) is 0 Å². The molecule has 2 N–H and O–H groups in total. The summed E-state index contributed by atoms with van der Waals surface area (Å²) in [5.74, 6) is -0.576. The number of cyclic esters (lactones) is 2. The van der Waals surface area contributed by atoms with E-state index in [1.54, 1.807) is 0 Å². The van der Waals surface area contributed by atoms with Crippen molar-refractivity contribution in [2.75, 3.05) is 19.8 Å². The smallest absolute Gasteiger partial charge is 0.317 e. The van der Waals surface area contributed by atoms with Crippen molar-refractivity contribution in [2.24, 2.45) is 101 Å². The number of esters is 4. The standard InChI is InChI=1S/C38H56O9/c1-17-21-12-22(16-40)25(15-21)29(17)32-33(37(44)46-36(32)43)30-20-7-9-24(27(14-20)35(42)47-38(3,4)5)31(30)28-18(2)23-8-6-19(28)13-26(23)34(41)45-11-10-39/h17-33,39-40H,6-16H2,1-5H3. The Bertz CT molecular complexity index is 1250. The van der Waals surface area contributed by atoms with Crippen molar-refractivity contribution in [2.45, 2.75) is 91.6 Å². The highest BCUT2D eigenvalue weighted by Crippen LogP contribution is 2.67. The van der Waals surface area contributed by atoms with E-state index >= 15 is 0 Å². The van der Waals surface area contributed by atoms with Crippen molar-refractivity contribution in [1.82, 2.24) is 0 Å². The molecule has 1 aliphatic heterocycles. The molecule has 17 unspecified atom stereocenters. The van der Waals surface area contributed by atoms with Crippen LogP contribution in [0.3, 0.4) is 0 Å². The molecule has 0 aromatic heterocycles. The first-order valence-electron chi connectivity index (χ1n) is 18.7. The average molecular weight is 657 g/mol. The summed E-state index contributed by atoms with van der Waals surface area (Å²) in [5, 5.41) is 19.5. The van der Waals surface area contributed by atoms with Gasteiger partial charge in [0, 0.05) is 6.61 Å². The van der Waals surface area contributed by atoms with Gasteiger partial charge in [0.05, 0.1) is 30.3 Å². The first-order chi connectivity index (χ1) is 22.3. The fourth-order valence-electron chi connectivity index (χ4n) is 13.4. The van der Waals surface area contributed by atoms with Crippen LogP contribution in [-0.2, 0) is 33.4 Å². The van der Waals surface area contributed by atoms with Crippen LogP contribution in [0.4, 0.5) is 0 Å². The van der Waals surface area contributed by atoms with Crippen LogP contribution in [0.2, 0.25) is 0 Å². The number of aliphatic hydroxyl groups is 2. The molecule has 9 heteroatoms. The third-order valence-electron chi connectivity index (χ3n) is 14.8. The molecule has 17 atom stereocenters. The van der Waals surface area contributed by atoms with E-state index in [2.05, 4.69) is 13.8 Å². The first-order valence-corrected chi connectivity index (χ1v) is 18.7. The summed E-state index contributed by atoms with van der Waals surface area (Å²) in [6, 6.07) is 0. The third-order valence-corrected chi connectivity index (χ3v) is 14.8. The van der Waals surface area contributed by atoms with Crippen molar-refractivity contribution < 1.29 is 43.6 Å². The highest BCUT2D eigenvalue weighted by molar-refractivity contribution is 5.97. The van der Waals surface area contributed by atoms with Crippen LogP contribution in [0.25, 0.3) is 0 Å². The van der Waals surface area contributed by atoms with Crippen LogP contribution in [0.5, 0.6) is 0 Å². The zero-order valence-electron chi connectivity index (χ0n) is 28.8. The minimum absolute atomic E-state index is 0.00827. The molecule has 8 aliphatic carbocycles. The van der Waals surface area contributed by atoms with Gasteiger partial charge in [-0.15, -0.1) is 0 Å². The van der Waals surface area contributed by atoms with Crippen LogP contribution in [0, 0.1) is 101 Å². The van der Waals surface area contributed by atoms with Crippen LogP contribution in [0.15, 0.2) is 0 Å². The first kappa shape index (κ1) is 33.5. The SMILES string of the molecule is CC1C2CC(CO)C(C2)C1C1C(=O)OC(=O)C1C1C2CCC(C(C(=O)OC(C)(C)C)C2)C1C1C2CCC(C(C(=O)OCCO)C2)C1C. The molecule has 0 radical (unpaired) electrons. The molecular weight excluding hydrogens is 600 g/mol. The summed E-state index contributed by atoms with van der Waals surface area (Å²) in [4.78, 5) is 54.9. The second-order valence-electron chi connectivity index (χ2n) is 17.8. The fourth-order valence-corrected chi connectivity index (χ4v) is 13.4. The normalized spacial score (nSPS) is 48.5. The molecule has 9 aliphatic rings. The third kappa shape index (κ3) is 5.48. The topological polar surface area (TPSA) is 136 Å². The lowest BCUT2D eigenvalue weighted by Gasteiger charge is -2.62. The van der Waals surface area contributed by atoms with Crippen LogP contribution in [-0.4, -0.2) is 59.5 Å². The number of hydrogen-bond donors (Lipinski definition) is 2. The van der Waals surface area contributed by atoms with Gasteiger partial charge in [0.1, 0.15) is 12.2 Å². The predicted octanol–water partition coefficient (Wildman–Crippen LogP) is 4.66. The highest BCUT2D eigenvalue weighted by Gasteiger charge is 2.67. The summed E-state index contributed by atoms with van der Waals surface area (Å²) < 4.78 is 17.1. The Hall–Kier alpha value is -2.00. The molecule has 9 fully saturated rings. The number of ether oxygens (including phenoxy) is 3. The van der Waals surface area contributed by atoms with E-state index in [4.69, 9.17) is 14.2 Å². The maximum absolute atomic E-state index is 14.0. The van der Waals surface area contributed by atoms with Gasteiger partial charge >= 0.3 is 23.9 Å². The number of hydrogen-bond acceptors (Lipinski definition) is 9. The van der Waals surface area contributed by atoms with E-state index in [-0.39, 0.29) is 127 Å². The van der Waals surface area contributed by atoms with Gasteiger partial charge in [-0.05, 0) is 149 Å². The molecule has 0 amide bonds. The van der Waals surface area contributed by atoms with E-state index in [1.807, 2.05) is 20.8 Å². The summed E-state index contributed by atoms with van der Waals surface area (Å²) in [7, 11) is 0. The van der Waals surface area contributed by atoms with Gasteiger partial charge in [-0.3, -0.25) is 19.2 Å². The van der Waals surface area contributed by atoms with E-state index in [9.17, 15) is 29.4 Å². The zero-order chi connectivity index (χ0) is 33.5. The Balaban J connectivity index is 1.26. The van der Waals surface area contributed by atoms with Crippen LogP contribution >= 0.6 is 0 Å². The Morgan fingerprint density at radius 2 is 1.34 bits per heavy atom. The van der Waals surface area contributed by atoms with Crippen molar-refractivity contribution in [1.29, 1.82) is 0 Å². The molecular formula is C38H56O9. The molecule has 1 saturated heterocycles. The highest BCUT2D eigenvalue weighted by atomic mass is 16.6. The Morgan fingerprint density at radius 3 is 1.94 bits per heavy atom. The Morgan fingerprint density at radius 1 is 0.723 bits per heavy atom. The number of carbonyl (C=O) groups excluding carboxylic acids is 4. The van der Waals surface area contributed by atoms with Gasteiger partial charge in [-0.25, -0.2) is 0 Å². The summed E-state index contributed by atoms with van der Waals surface area (Å²) >= 11 is 0. The molecule has 0 aromatic carbocycles. The molecule has 47 heavy (non-hydrogen) atoms. The van der Waals surface area contributed by atoms with Gasteiger partial charge in [-0.2, -0.15) is 0 Å². The van der Waals surface area contributed by atoms with Crippen molar-refractivity contribution >= 4 is 23.9 Å². The maximum Gasteiger partial charge on any atom is 0.317 e. The number of aliphatic hydroxyl groups excluding tert-OH is 2. The Kier molecular flexibility index (Phi) is 8.84. The van der Waals surface area contributed by atoms with Crippen molar-refractivity contribution in [3.8, 4) is 0 Å². The summed E-state index contributed by atoms with van der Waals surface area (Å²) in [5.41, 5.74) is -0.601. The number of fused-ring (bicyclic) bond motifs is 9. The van der Waals surface area contributed by atoms with E-state index < -0.39 is 17.4 Å². The van der Waals surface area contributed by atoms with Gasteiger partial charge in [0.15, 0.2) is 0 Å². The Labute approximate surface area is 279 Å². The minimum atomic E-state index is -0.601. The number of rotatable bonds is 8. The molecule has 6 bridgehead atoms. The van der Waals surface area contributed by atoms with Crippen molar-refractivity contribution in [3.63, 3.8) is 0 Å². The quantitative estimate of drug-likeness (QED) is 0.217. The molecule has 8 saturated carbocycles. The molecule has 0 spiro atoms. The second-order valence-corrected chi connectivity index (χ2v) is 17.8. The monoisotopic (exact) mass is 656 g/mol. The molecule has 0 aromatic rings. The van der Waals surface area contributed by atoms with Crippen LogP contribution < -0.4 is 0 Å². The minimum Gasteiger partial charge on any atom is -0.463 e. The molecule has 9 nitrogen and oxygen atoms in total. The fraction of sp³-hybridized carbons (Fsp3) is 0.895. The van der Waals surface area contributed by atoms with E-state index in [1.165, 1.54) is 0 Å². The second kappa shape index (κ2) is 12.4. The van der Waals surface area contributed by atoms with E-state index in [0.29, 0.717) is 12.3 Å². The lowest BCUT2D eigenvalue weighted by atomic mass is 9.42. The lowest BCUT2D eigenvalue weighted by molar-refractivity contribution is -0.188. The zero-order valence-corrected chi connectivity index (χ0v) is 28.8. The number of carbonyl (C=O) groups is 4. The lowest BCUT2D eigenvalue weighted by Crippen LogP contribution is -2.60. The van der Waals surface area contributed by atoms with E-state index in [0.717, 1.165) is 44.9 Å². The largest absolute Gasteiger partial charge is 0.463 e. The van der Waals surface area contributed by atoms with Crippen molar-refractivity contribution in [3.05, 3.63) is 0 Å². The average Bonchev–Trinajstić information content (AvgIpc) is 3.68. The van der Waals surface area contributed by atoms with Gasteiger partial charge in [0.2, 0.25) is 0 Å². The summed E-state index contributed by atoms with van der Waals surface area (Å²) in [6.45, 7) is 10.1. The summed E-state index contributed by atoms with van der Waals surface area (Å²) in [6.07, 6.45) is 7.14.